The molecule has 0 radical (unpaired) electrons. The van der Waals surface area contributed by atoms with Gasteiger partial charge in [-0.15, -0.1) is 0 Å². The first-order valence-corrected chi connectivity index (χ1v) is 7.70. The Morgan fingerprint density at radius 1 is 1.19 bits per heavy atom. The van der Waals surface area contributed by atoms with Crippen LogP contribution in [0.15, 0.2) is 35.1 Å². The highest BCUT2D eigenvalue weighted by molar-refractivity contribution is 6.04. The molecule has 0 spiro atoms. The highest BCUT2D eigenvalue weighted by Gasteiger charge is 2.32. The first-order valence-electron chi connectivity index (χ1n) is 7.70. The minimum atomic E-state index is -4.70. The van der Waals surface area contributed by atoms with Crippen molar-refractivity contribution in [1.29, 1.82) is 0 Å². The van der Waals surface area contributed by atoms with E-state index in [1.165, 1.54) is 6.92 Å². The van der Waals surface area contributed by atoms with Gasteiger partial charge in [-0.25, -0.2) is 0 Å². The second kappa shape index (κ2) is 6.32. The summed E-state index contributed by atoms with van der Waals surface area (Å²) in [7, 11) is 0. The van der Waals surface area contributed by atoms with E-state index >= 15 is 0 Å². The molecule has 0 fully saturated rings. The lowest BCUT2D eigenvalue weighted by Crippen LogP contribution is -2.26. The lowest BCUT2D eigenvalue weighted by molar-refractivity contribution is -0.141. The van der Waals surface area contributed by atoms with Gasteiger partial charge in [0, 0.05) is 24.8 Å². The molecule has 6 nitrogen and oxygen atoms in total. The van der Waals surface area contributed by atoms with E-state index in [9.17, 15) is 27.6 Å². The van der Waals surface area contributed by atoms with Crippen LogP contribution >= 0.6 is 0 Å². The number of fused-ring (bicyclic) bond motifs is 1. The number of anilines is 2. The maximum atomic E-state index is 12.6. The van der Waals surface area contributed by atoms with E-state index in [0.717, 1.165) is 17.3 Å². The number of H-pyrrole nitrogens is 1. The zero-order valence-corrected chi connectivity index (χ0v) is 13.6. The summed E-state index contributed by atoms with van der Waals surface area (Å²) >= 11 is 0. The minimum Gasteiger partial charge on any atom is -0.322 e. The lowest BCUT2D eigenvalue weighted by Gasteiger charge is -2.15. The van der Waals surface area contributed by atoms with E-state index < -0.39 is 28.9 Å². The molecule has 1 aliphatic heterocycles. The third-order valence-corrected chi connectivity index (χ3v) is 4.07. The zero-order valence-electron chi connectivity index (χ0n) is 13.6. The fraction of sp³-hybridized carbons (Fsp3) is 0.235. The molecule has 0 saturated heterocycles. The molecule has 0 aliphatic carbocycles. The molecule has 0 unspecified atom stereocenters. The largest absolute Gasteiger partial charge is 0.431 e. The number of carbonyl (C=O) groups is 2. The highest BCUT2D eigenvalue weighted by atomic mass is 19.4. The summed E-state index contributed by atoms with van der Waals surface area (Å²) in [6, 6.07) is 6.40. The molecule has 1 aliphatic rings. The first kappa shape index (κ1) is 17.7. The highest BCUT2D eigenvalue weighted by Crippen LogP contribution is 2.30. The number of alkyl halides is 3. The Bertz CT molecular complexity index is 950. The molecule has 0 atom stereocenters. The maximum Gasteiger partial charge on any atom is 0.431 e. The Labute approximate surface area is 145 Å². The van der Waals surface area contributed by atoms with Gasteiger partial charge in [-0.05, 0) is 42.3 Å². The van der Waals surface area contributed by atoms with Crippen molar-refractivity contribution >= 4 is 23.2 Å². The number of rotatable bonds is 2. The van der Waals surface area contributed by atoms with Gasteiger partial charge in [0.25, 0.3) is 11.5 Å². The number of aromatic amines is 1. The molecule has 136 valence electrons. The summed E-state index contributed by atoms with van der Waals surface area (Å²) < 4.78 is 37.7. The number of hydrogen-bond acceptors (Lipinski definition) is 3. The van der Waals surface area contributed by atoms with Crippen LogP contribution in [0.4, 0.5) is 24.5 Å². The third kappa shape index (κ3) is 3.32. The molecular weight excluding hydrogens is 351 g/mol. The van der Waals surface area contributed by atoms with Crippen molar-refractivity contribution in [2.24, 2.45) is 0 Å². The second-order valence-corrected chi connectivity index (χ2v) is 5.83. The Hall–Kier alpha value is -3.10. The number of carbonyl (C=O) groups excluding carboxylic acids is 2. The van der Waals surface area contributed by atoms with Crippen molar-refractivity contribution in [3.05, 3.63) is 57.5 Å². The summed E-state index contributed by atoms with van der Waals surface area (Å²) in [6.45, 7) is 2.00. The second-order valence-electron chi connectivity index (χ2n) is 5.83. The van der Waals surface area contributed by atoms with E-state index in [2.05, 4.69) is 5.32 Å². The SMILES string of the molecule is CC(=O)N1CCc2cc(NC(=O)c3ccc(C(F)(F)F)[nH]c3=O)ccc21. The van der Waals surface area contributed by atoms with E-state index in [1.54, 1.807) is 28.1 Å². The number of benzene rings is 1. The smallest absolute Gasteiger partial charge is 0.322 e. The summed E-state index contributed by atoms with van der Waals surface area (Å²) in [5, 5.41) is 2.49. The maximum absolute atomic E-state index is 12.6. The summed E-state index contributed by atoms with van der Waals surface area (Å²) in [5.74, 6) is -0.904. The summed E-state index contributed by atoms with van der Waals surface area (Å²) in [6.07, 6.45) is -4.07. The van der Waals surface area contributed by atoms with Crippen LogP contribution in [-0.2, 0) is 17.4 Å². The van der Waals surface area contributed by atoms with E-state index in [0.29, 0.717) is 24.7 Å². The van der Waals surface area contributed by atoms with E-state index in [4.69, 9.17) is 0 Å². The number of pyridine rings is 1. The average Bonchev–Trinajstić information content (AvgIpc) is 2.97. The van der Waals surface area contributed by atoms with Crippen molar-refractivity contribution in [3.63, 3.8) is 0 Å². The number of nitrogens with zero attached hydrogens (tertiary/aromatic N) is 1. The van der Waals surface area contributed by atoms with Crippen molar-refractivity contribution in [2.75, 3.05) is 16.8 Å². The van der Waals surface area contributed by atoms with Gasteiger partial charge < -0.3 is 15.2 Å². The third-order valence-electron chi connectivity index (χ3n) is 4.07. The quantitative estimate of drug-likeness (QED) is 0.858. The predicted octanol–water partition coefficient (Wildman–Crippen LogP) is 2.56. The fourth-order valence-corrected chi connectivity index (χ4v) is 2.82. The molecule has 26 heavy (non-hydrogen) atoms. The van der Waals surface area contributed by atoms with Crippen LogP contribution in [0.1, 0.15) is 28.5 Å². The number of halogens is 3. The van der Waals surface area contributed by atoms with Gasteiger partial charge in [0.15, 0.2) is 0 Å². The molecule has 2 N–H and O–H groups in total. The van der Waals surface area contributed by atoms with Gasteiger partial charge in [-0.1, -0.05) is 0 Å². The summed E-state index contributed by atoms with van der Waals surface area (Å²) in [5.41, 5.74) is -0.772. The van der Waals surface area contributed by atoms with Crippen LogP contribution < -0.4 is 15.8 Å². The Morgan fingerprint density at radius 2 is 1.92 bits per heavy atom. The van der Waals surface area contributed by atoms with Crippen LogP contribution in [-0.4, -0.2) is 23.3 Å². The van der Waals surface area contributed by atoms with Crippen LogP contribution in [0.3, 0.4) is 0 Å². The first-order chi connectivity index (χ1) is 12.2. The Balaban J connectivity index is 1.81. The molecule has 2 amide bonds. The lowest BCUT2D eigenvalue weighted by atomic mass is 10.1. The van der Waals surface area contributed by atoms with Gasteiger partial charge in [0.05, 0.1) is 0 Å². The molecule has 0 bridgehead atoms. The number of amides is 2. The molecule has 0 saturated carbocycles. The van der Waals surface area contributed by atoms with Gasteiger partial charge in [-0.2, -0.15) is 13.2 Å². The van der Waals surface area contributed by atoms with Crippen molar-refractivity contribution in [1.82, 2.24) is 4.98 Å². The van der Waals surface area contributed by atoms with Gasteiger partial charge in [0.2, 0.25) is 5.91 Å². The number of aromatic nitrogens is 1. The molecule has 9 heteroatoms. The average molecular weight is 365 g/mol. The molecule has 2 heterocycles. The Morgan fingerprint density at radius 3 is 2.54 bits per heavy atom. The fourth-order valence-electron chi connectivity index (χ4n) is 2.82. The predicted molar refractivity (Wildman–Crippen MR) is 88.2 cm³/mol. The molecule has 1 aromatic carbocycles. The molecule has 1 aromatic heterocycles. The zero-order chi connectivity index (χ0) is 19.1. The van der Waals surface area contributed by atoms with Crippen molar-refractivity contribution < 1.29 is 22.8 Å². The Kier molecular flexibility index (Phi) is 4.31. The van der Waals surface area contributed by atoms with Crippen LogP contribution in [0.5, 0.6) is 0 Å². The number of nitrogens with one attached hydrogen (secondary N) is 2. The standard InChI is InChI=1S/C17H14F3N3O3/c1-9(24)23-7-6-10-8-11(2-4-13(10)23)21-15(25)12-3-5-14(17(18,19)20)22-16(12)26/h2-5,8H,6-7H2,1H3,(H,21,25)(H,22,26). The monoisotopic (exact) mass is 365 g/mol. The molecule has 3 rings (SSSR count). The van der Waals surface area contributed by atoms with Gasteiger partial charge in [0.1, 0.15) is 11.3 Å². The van der Waals surface area contributed by atoms with Crippen molar-refractivity contribution in [3.8, 4) is 0 Å². The van der Waals surface area contributed by atoms with Crippen LogP contribution in [0.2, 0.25) is 0 Å². The van der Waals surface area contributed by atoms with Gasteiger partial charge in [-0.3, -0.25) is 14.4 Å². The minimum absolute atomic E-state index is 0.0863. The summed E-state index contributed by atoms with van der Waals surface area (Å²) in [4.78, 5) is 38.8. The van der Waals surface area contributed by atoms with Crippen molar-refractivity contribution in [2.45, 2.75) is 19.5 Å². The molecular formula is C17H14F3N3O3. The number of hydrogen-bond donors (Lipinski definition) is 2. The normalized spacial score (nSPS) is 13.5. The van der Waals surface area contributed by atoms with Crippen LogP contribution in [0, 0.1) is 0 Å². The van der Waals surface area contributed by atoms with Gasteiger partial charge >= 0.3 is 6.18 Å². The van der Waals surface area contributed by atoms with E-state index in [1.807, 2.05) is 0 Å². The topological polar surface area (TPSA) is 82.3 Å². The molecule has 2 aromatic rings. The van der Waals surface area contributed by atoms with Crippen LogP contribution in [0.25, 0.3) is 0 Å². The van der Waals surface area contributed by atoms with E-state index in [-0.39, 0.29) is 5.91 Å².